The lowest BCUT2D eigenvalue weighted by atomic mass is 10.1. The predicted octanol–water partition coefficient (Wildman–Crippen LogP) is 11.3. The predicted molar refractivity (Wildman–Crippen MR) is 205 cm³/mol. The van der Waals surface area contributed by atoms with Gasteiger partial charge in [-0.05, 0) is 71.3 Å². The van der Waals surface area contributed by atoms with Crippen LogP contribution in [0.25, 0.3) is 0 Å². The zero-order valence-corrected chi connectivity index (χ0v) is 31.6. The van der Waals surface area contributed by atoms with Gasteiger partial charge < -0.3 is 14.4 Å². The van der Waals surface area contributed by atoms with E-state index >= 15 is 0 Å². The van der Waals surface area contributed by atoms with Crippen molar-refractivity contribution >= 4 is 0 Å². The first kappa shape index (κ1) is 45.3. The Labute approximate surface area is 289 Å². The summed E-state index contributed by atoms with van der Waals surface area (Å²) in [5, 5.41) is 6.82. The molecule has 0 radical (unpaired) electrons. The standard InChI is InChI=1S/C41H83N3O2/c1-4-6-8-10-12-14-16-18-20-22-24-26-28-30-32-38-45-40-42-34-36-44(3)37-35-43-41-46-39-33-31-29-27-25-23-21-19-17-15-13-11-9-7-5-2/h18-21,42-43H,4-17,22-41H2,1-3H3/b20-18-,21-19-. The summed E-state index contributed by atoms with van der Waals surface area (Å²) >= 11 is 0. The van der Waals surface area contributed by atoms with Gasteiger partial charge in [-0.15, -0.1) is 0 Å². The molecule has 274 valence electrons. The molecular weight excluding hydrogens is 566 g/mol. The Morgan fingerprint density at radius 1 is 0.413 bits per heavy atom. The quantitative estimate of drug-likeness (QED) is 0.0393. The molecule has 0 aromatic rings. The van der Waals surface area contributed by atoms with Crippen LogP contribution in [0.3, 0.4) is 0 Å². The van der Waals surface area contributed by atoms with Gasteiger partial charge in [-0.3, -0.25) is 10.6 Å². The van der Waals surface area contributed by atoms with Gasteiger partial charge in [0.25, 0.3) is 0 Å². The smallest absolute Gasteiger partial charge is 0.0965 e. The summed E-state index contributed by atoms with van der Waals surface area (Å²) in [6.07, 6.45) is 44.5. The highest BCUT2D eigenvalue weighted by atomic mass is 16.5. The van der Waals surface area contributed by atoms with E-state index in [1.807, 2.05) is 0 Å². The monoisotopic (exact) mass is 650 g/mol. The molecule has 0 fully saturated rings. The third-order valence-corrected chi connectivity index (χ3v) is 8.85. The normalized spacial score (nSPS) is 12.1. The van der Waals surface area contributed by atoms with Crippen molar-refractivity contribution in [2.24, 2.45) is 0 Å². The second-order valence-electron chi connectivity index (χ2n) is 13.6. The molecule has 0 amide bonds. The minimum Gasteiger partial charge on any atom is -0.366 e. The Morgan fingerprint density at radius 3 is 1.07 bits per heavy atom. The van der Waals surface area contributed by atoms with Crippen LogP contribution in [0.15, 0.2) is 24.3 Å². The molecule has 0 aliphatic heterocycles. The number of hydrogen-bond donors (Lipinski definition) is 2. The van der Waals surface area contributed by atoms with Crippen molar-refractivity contribution in [2.45, 2.75) is 181 Å². The highest BCUT2D eigenvalue weighted by molar-refractivity contribution is 4.82. The van der Waals surface area contributed by atoms with Gasteiger partial charge in [0.15, 0.2) is 0 Å². The number of rotatable bonds is 40. The van der Waals surface area contributed by atoms with Crippen LogP contribution >= 0.6 is 0 Å². The van der Waals surface area contributed by atoms with Gasteiger partial charge in [0, 0.05) is 39.4 Å². The number of allylic oxidation sites excluding steroid dienone is 4. The molecule has 0 saturated heterocycles. The Morgan fingerprint density at radius 2 is 0.717 bits per heavy atom. The third-order valence-electron chi connectivity index (χ3n) is 8.85. The Hall–Kier alpha value is -0.720. The van der Waals surface area contributed by atoms with E-state index in [0.717, 1.165) is 39.4 Å². The minimum absolute atomic E-state index is 0.666. The molecular formula is C41H83N3O2. The van der Waals surface area contributed by atoms with Crippen molar-refractivity contribution in [3.63, 3.8) is 0 Å². The van der Waals surface area contributed by atoms with Crippen LogP contribution in [0.2, 0.25) is 0 Å². The summed E-state index contributed by atoms with van der Waals surface area (Å²) in [4.78, 5) is 2.35. The molecule has 0 aromatic carbocycles. The van der Waals surface area contributed by atoms with Gasteiger partial charge >= 0.3 is 0 Å². The van der Waals surface area contributed by atoms with Crippen molar-refractivity contribution in [1.29, 1.82) is 0 Å². The van der Waals surface area contributed by atoms with Crippen molar-refractivity contribution in [2.75, 3.05) is 59.9 Å². The van der Waals surface area contributed by atoms with Crippen LogP contribution < -0.4 is 10.6 Å². The zero-order chi connectivity index (χ0) is 33.3. The van der Waals surface area contributed by atoms with Gasteiger partial charge in [0.1, 0.15) is 0 Å². The molecule has 5 nitrogen and oxygen atoms in total. The Balaban J connectivity index is 3.20. The summed E-state index contributed by atoms with van der Waals surface area (Å²) in [6.45, 7) is 11.7. The van der Waals surface area contributed by atoms with E-state index < -0.39 is 0 Å². The maximum absolute atomic E-state index is 5.76. The van der Waals surface area contributed by atoms with Crippen LogP contribution in [0.4, 0.5) is 0 Å². The van der Waals surface area contributed by atoms with E-state index in [1.165, 1.54) is 167 Å². The van der Waals surface area contributed by atoms with Crippen molar-refractivity contribution in [1.82, 2.24) is 15.5 Å². The first-order chi connectivity index (χ1) is 22.8. The van der Waals surface area contributed by atoms with Gasteiger partial charge in [0.05, 0.1) is 13.5 Å². The fourth-order valence-corrected chi connectivity index (χ4v) is 5.63. The molecule has 2 N–H and O–H groups in total. The SMILES string of the molecule is CCCCCCCC/C=C\CCCCCCCOCNCCN(C)CCNCOCCCCCCC/C=C\CCCCCCCC. The third kappa shape index (κ3) is 41.3. The van der Waals surface area contributed by atoms with E-state index in [-0.39, 0.29) is 0 Å². The lowest BCUT2D eigenvalue weighted by molar-refractivity contribution is 0.107. The van der Waals surface area contributed by atoms with Crippen molar-refractivity contribution in [3.05, 3.63) is 24.3 Å². The molecule has 5 heteroatoms. The summed E-state index contributed by atoms with van der Waals surface area (Å²) in [6, 6.07) is 0. The fourth-order valence-electron chi connectivity index (χ4n) is 5.63. The maximum Gasteiger partial charge on any atom is 0.0965 e. The van der Waals surface area contributed by atoms with Crippen LogP contribution in [0.5, 0.6) is 0 Å². The molecule has 0 atom stereocenters. The molecule has 0 spiro atoms. The number of likely N-dealkylation sites (N-methyl/N-ethyl adjacent to an activating group) is 1. The average molecular weight is 650 g/mol. The first-order valence-electron chi connectivity index (χ1n) is 20.4. The molecule has 0 aliphatic rings. The van der Waals surface area contributed by atoms with Crippen molar-refractivity contribution in [3.8, 4) is 0 Å². The Kier molecular flexibility index (Phi) is 41.6. The molecule has 0 aromatic heterocycles. The van der Waals surface area contributed by atoms with Gasteiger partial charge in [-0.2, -0.15) is 0 Å². The molecule has 0 aliphatic carbocycles. The average Bonchev–Trinajstić information content (AvgIpc) is 3.06. The number of nitrogens with one attached hydrogen (secondary N) is 2. The highest BCUT2D eigenvalue weighted by Crippen LogP contribution is 2.11. The fraction of sp³-hybridized carbons (Fsp3) is 0.902. The molecule has 0 rings (SSSR count). The lowest BCUT2D eigenvalue weighted by Gasteiger charge is -2.17. The van der Waals surface area contributed by atoms with Crippen LogP contribution in [-0.4, -0.2) is 64.8 Å². The molecule has 0 unspecified atom stereocenters. The van der Waals surface area contributed by atoms with Gasteiger partial charge in [-0.1, -0.05) is 141 Å². The highest BCUT2D eigenvalue weighted by Gasteiger charge is 1.98. The topological polar surface area (TPSA) is 45.8 Å². The number of hydrogen-bond acceptors (Lipinski definition) is 5. The van der Waals surface area contributed by atoms with E-state index in [0.29, 0.717) is 13.5 Å². The van der Waals surface area contributed by atoms with E-state index in [4.69, 9.17) is 9.47 Å². The molecule has 0 saturated carbocycles. The summed E-state index contributed by atoms with van der Waals surface area (Å²) in [7, 11) is 2.18. The van der Waals surface area contributed by atoms with Gasteiger partial charge in [-0.25, -0.2) is 0 Å². The second-order valence-corrected chi connectivity index (χ2v) is 13.6. The van der Waals surface area contributed by atoms with Crippen LogP contribution in [0.1, 0.15) is 181 Å². The summed E-state index contributed by atoms with van der Waals surface area (Å²) < 4.78 is 11.5. The number of ether oxygens (including phenoxy) is 2. The molecule has 46 heavy (non-hydrogen) atoms. The zero-order valence-electron chi connectivity index (χ0n) is 31.6. The summed E-state index contributed by atoms with van der Waals surface area (Å²) in [5.74, 6) is 0. The van der Waals surface area contributed by atoms with Crippen LogP contribution in [0, 0.1) is 0 Å². The number of unbranched alkanes of at least 4 members (excludes halogenated alkanes) is 22. The maximum atomic E-state index is 5.76. The number of nitrogens with zero attached hydrogens (tertiary/aromatic N) is 1. The Bertz CT molecular complexity index is 548. The first-order valence-corrected chi connectivity index (χ1v) is 20.4. The van der Waals surface area contributed by atoms with Crippen molar-refractivity contribution < 1.29 is 9.47 Å². The van der Waals surface area contributed by atoms with Gasteiger partial charge in [0.2, 0.25) is 0 Å². The minimum atomic E-state index is 0.666. The van der Waals surface area contributed by atoms with E-state index in [2.05, 4.69) is 60.7 Å². The summed E-state index contributed by atoms with van der Waals surface area (Å²) in [5.41, 5.74) is 0. The van der Waals surface area contributed by atoms with E-state index in [1.54, 1.807) is 0 Å². The van der Waals surface area contributed by atoms with Crippen LogP contribution in [-0.2, 0) is 9.47 Å². The largest absolute Gasteiger partial charge is 0.366 e. The lowest BCUT2D eigenvalue weighted by Crippen LogP contribution is -2.35. The van der Waals surface area contributed by atoms with E-state index in [9.17, 15) is 0 Å². The molecule has 0 bridgehead atoms. The second kappa shape index (κ2) is 42.3. The molecule has 0 heterocycles.